The molecule has 1 aromatic rings. The molecule has 0 atom stereocenters. The number of hydrogen-bond donors (Lipinski definition) is 2. The highest BCUT2D eigenvalue weighted by atomic mass is 32.2. The first-order valence-electron chi connectivity index (χ1n) is 5.16. The summed E-state index contributed by atoms with van der Waals surface area (Å²) in [6.07, 6.45) is 3.48. The average molecular weight is 278 g/mol. The minimum absolute atomic E-state index is 0.176. The summed E-state index contributed by atoms with van der Waals surface area (Å²) in [6, 6.07) is 0. The van der Waals surface area contributed by atoms with Crippen molar-refractivity contribution in [2.75, 3.05) is 32.6 Å². The predicted molar refractivity (Wildman–Crippen MR) is 69.5 cm³/mol. The number of thioether (sulfide) groups is 1. The molecule has 0 amide bonds. The highest BCUT2D eigenvalue weighted by Gasteiger charge is 2.25. The van der Waals surface area contributed by atoms with Gasteiger partial charge in [0.15, 0.2) is 5.03 Å². The molecule has 0 aliphatic rings. The Bertz CT molecular complexity index is 444. The van der Waals surface area contributed by atoms with Gasteiger partial charge in [0.2, 0.25) is 0 Å². The smallest absolute Gasteiger partial charge is 0.260 e. The summed E-state index contributed by atoms with van der Waals surface area (Å²) >= 11 is 1.61. The fraction of sp³-hybridized carbons (Fsp3) is 0.667. The van der Waals surface area contributed by atoms with E-state index < -0.39 is 10.0 Å². The molecule has 1 heterocycles. The lowest BCUT2D eigenvalue weighted by Crippen LogP contribution is -2.30. The van der Waals surface area contributed by atoms with Crippen LogP contribution >= 0.6 is 11.8 Å². The first-order chi connectivity index (χ1) is 8.04. The van der Waals surface area contributed by atoms with Crippen molar-refractivity contribution < 1.29 is 8.42 Å². The molecule has 0 radical (unpaired) electrons. The fourth-order valence-corrected chi connectivity index (χ4v) is 3.17. The molecule has 0 fully saturated rings. The molecule has 8 heteroatoms. The maximum absolute atomic E-state index is 12.2. The van der Waals surface area contributed by atoms with Crippen molar-refractivity contribution in [1.82, 2.24) is 19.8 Å². The van der Waals surface area contributed by atoms with E-state index in [0.29, 0.717) is 18.7 Å². The second-order valence-corrected chi connectivity index (χ2v) is 6.54. The minimum atomic E-state index is -3.46. The minimum Gasteiger partial charge on any atom is -0.316 e. The van der Waals surface area contributed by atoms with Gasteiger partial charge in [-0.2, -0.15) is 21.2 Å². The molecule has 98 valence electrons. The number of hydrogen-bond acceptors (Lipinski definition) is 5. The van der Waals surface area contributed by atoms with Crippen LogP contribution in [0.5, 0.6) is 0 Å². The van der Waals surface area contributed by atoms with Crippen LogP contribution in [0.4, 0.5) is 0 Å². The summed E-state index contributed by atoms with van der Waals surface area (Å²) in [5, 5.41) is 9.45. The molecule has 2 N–H and O–H groups in total. The third kappa shape index (κ3) is 3.44. The van der Waals surface area contributed by atoms with Crippen molar-refractivity contribution in [2.24, 2.45) is 0 Å². The molecule has 0 aliphatic carbocycles. The van der Waals surface area contributed by atoms with Crippen molar-refractivity contribution >= 4 is 21.8 Å². The van der Waals surface area contributed by atoms with Gasteiger partial charge in [0, 0.05) is 31.5 Å². The Balaban J connectivity index is 2.92. The van der Waals surface area contributed by atoms with E-state index in [1.807, 2.05) is 6.26 Å². The van der Waals surface area contributed by atoms with Crippen molar-refractivity contribution in [3.05, 3.63) is 11.8 Å². The van der Waals surface area contributed by atoms with E-state index in [-0.39, 0.29) is 5.03 Å². The van der Waals surface area contributed by atoms with Crippen LogP contribution in [0.3, 0.4) is 0 Å². The van der Waals surface area contributed by atoms with E-state index in [1.54, 1.807) is 25.9 Å². The van der Waals surface area contributed by atoms with Gasteiger partial charge in [0.05, 0.1) is 6.20 Å². The summed E-state index contributed by atoms with van der Waals surface area (Å²) in [4.78, 5) is 0. The predicted octanol–water partition coefficient (Wildman–Crippen LogP) is 0.113. The molecule has 1 aromatic heterocycles. The third-order valence-electron chi connectivity index (χ3n) is 2.32. The number of nitrogens with zero attached hydrogens (tertiary/aromatic N) is 2. The molecular formula is C9H18N4O2S2. The van der Waals surface area contributed by atoms with E-state index in [9.17, 15) is 8.42 Å². The Morgan fingerprint density at radius 1 is 1.59 bits per heavy atom. The van der Waals surface area contributed by atoms with Gasteiger partial charge >= 0.3 is 0 Å². The second kappa shape index (κ2) is 6.39. The lowest BCUT2D eigenvalue weighted by atomic mass is 10.4. The van der Waals surface area contributed by atoms with Crippen molar-refractivity contribution in [2.45, 2.75) is 11.6 Å². The van der Waals surface area contributed by atoms with Crippen LogP contribution in [0.25, 0.3) is 0 Å². The van der Waals surface area contributed by atoms with Gasteiger partial charge in [-0.05, 0) is 13.3 Å². The maximum atomic E-state index is 12.2. The normalized spacial score (nSPS) is 12.2. The van der Waals surface area contributed by atoms with Crippen LogP contribution in [-0.2, 0) is 16.6 Å². The van der Waals surface area contributed by atoms with Gasteiger partial charge in [-0.1, -0.05) is 0 Å². The van der Waals surface area contributed by atoms with Crippen molar-refractivity contribution in [1.29, 1.82) is 0 Å². The quantitative estimate of drug-likeness (QED) is 0.740. The zero-order valence-electron chi connectivity index (χ0n) is 10.2. The molecule has 0 aliphatic heterocycles. The zero-order chi connectivity index (χ0) is 12.9. The number of nitrogens with one attached hydrogen (secondary N) is 2. The zero-order valence-corrected chi connectivity index (χ0v) is 11.9. The lowest BCUT2D eigenvalue weighted by molar-refractivity contribution is 0.484. The highest BCUT2D eigenvalue weighted by Crippen LogP contribution is 2.16. The molecule has 1 rings (SSSR count). The molecule has 0 unspecified atom stereocenters. The summed E-state index contributed by atoms with van der Waals surface area (Å²) in [7, 11) is -0.115. The number of aromatic amines is 1. The lowest BCUT2D eigenvalue weighted by Gasteiger charge is -2.16. The largest absolute Gasteiger partial charge is 0.316 e. The molecule has 6 nitrogen and oxygen atoms in total. The van der Waals surface area contributed by atoms with E-state index in [4.69, 9.17) is 0 Å². The van der Waals surface area contributed by atoms with Crippen LogP contribution in [0, 0.1) is 0 Å². The van der Waals surface area contributed by atoms with Gasteiger partial charge in [-0.15, -0.1) is 0 Å². The first kappa shape index (κ1) is 14.5. The van der Waals surface area contributed by atoms with Crippen LogP contribution in [-0.4, -0.2) is 55.6 Å². The number of aromatic nitrogens is 2. The summed E-state index contributed by atoms with van der Waals surface area (Å²) in [5.74, 6) is 0.769. The Morgan fingerprint density at radius 3 is 2.88 bits per heavy atom. The first-order valence-corrected chi connectivity index (χ1v) is 7.99. The topological polar surface area (TPSA) is 78.1 Å². The van der Waals surface area contributed by atoms with Gasteiger partial charge in [0.1, 0.15) is 0 Å². The Hall–Kier alpha value is -0.570. The fourth-order valence-electron chi connectivity index (χ4n) is 1.33. The van der Waals surface area contributed by atoms with E-state index in [0.717, 1.165) is 5.75 Å². The molecular weight excluding hydrogens is 260 g/mol. The number of H-pyrrole nitrogens is 1. The van der Waals surface area contributed by atoms with Crippen LogP contribution < -0.4 is 5.32 Å². The van der Waals surface area contributed by atoms with Crippen molar-refractivity contribution in [3.63, 3.8) is 0 Å². The molecule has 0 spiro atoms. The monoisotopic (exact) mass is 278 g/mol. The second-order valence-electron chi connectivity index (χ2n) is 3.57. The third-order valence-corrected chi connectivity index (χ3v) is 4.79. The Morgan fingerprint density at radius 2 is 2.29 bits per heavy atom. The standard InChI is InChI=1S/C9H18N4O2S2/c1-10-6-8-7-11-12-9(8)17(14,15)13(2)4-5-16-3/h7,10H,4-6H2,1-3H3,(H,11,12). The maximum Gasteiger partial charge on any atom is 0.260 e. The average Bonchev–Trinajstić information content (AvgIpc) is 2.75. The summed E-state index contributed by atoms with van der Waals surface area (Å²) in [5.41, 5.74) is 0.656. The van der Waals surface area contributed by atoms with Gasteiger partial charge in [-0.3, -0.25) is 5.10 Å². The van der Waals surface area contributed by atoms with Crippen molar-refractivity contribution in [3.8, 4) is 0 Å². The SMILES string of the molecule is CNCc1cn[nH]c1S(=O)(=O)N(C)CCSC. The number of sulfonamides is 1. The molecule has 0 saturated carbocycles. The summed E-state index contributed by atoms with van der Waals surface area (Å²) in [6.45, 7) is 0.961. The molecule has 17 heavy (non-hydrogen) atoms. The van der Waals surface area contributed by atoms with Crippen LogP contribution in [0.1, 0.15) is 5.56 Å². The van der Waals surface area contributed by atoms with Gasteiger partial charge in [0.25, 0.3) is 10.0 Å². The van der Waals surface area contributed by atoms with Crippen LogP contribution in [0.15, 0.2) is 11.2 Å². The van der Waals surface area contributed by atoms with E-state index >= 15 is 0 Å². The molecule has 0 aromatic carbocycles. The molecule has 0 bridgehead atoms. The van der Waals surface area contributed by atoms with Gasteiger partial charge < -0.3 is 5.32 Å². The number of rotatable bonds is 7. The highest BCUT2D eigenvalue weighted by molar-refractivity contribution is 7.98. The molecule has 0 saturated heterocycles. The van der Waals surface area contributed by atoms with E-state index in [2.05, 4.69) is 15.5 Å². The Kier molecular flexibility index (Phi) is 5.44. The van der Waals surface area contributed by atoms with E-state index in [1.165, 1.54) is 10.5 Å². The van der Waals surface area contributed by atoms with Crippen LogP contribution in [0.2, 0.25) is 0 Å². The summed E-state index contributed by atoms with van der Waals surface area (Å²) < 4.78 is 25.8. The van der Waals surface area contributed by atoms with Gasteiger partial charge in [-0.25, -0.2) is 8.42 Å². The Labute approximate surface area is 106 Å².